The predicted molar refractivity (Wildman–Crippen MR) is 114 cm³/mol. The van der Waals surface area contributed by atoms with Gasteiger partial charge >= 0.3 is 5.97 Å². The zero-order valence-corrected chi connectivity index (χ0v) is 17.6. The molecule has 1 spiro atoms. The lowest BCUT2D eigenvalue weighted by atomic mass is 9.71. The normalized spacial score (nSPS) is 23.1. The molecular weight excluding hydrogens is 380 g/mol. The second-order valence-corrected chi connectivity index (χ2v) is 9.20. The van der Waals surface area contributed by atoms with Gasteiger partial charge in [0, 0.05) is 36.5 Å². The highest BCUT2D eigenvalue weighted by molar-refractivity contribution is 5.85. The summed E-state index contributed by atoms with van der Waals surface area (Å²) in [7, 11) is 0. The van der Waals surface area contributed by atoms with Crippen LogP contribution in [0.2, 0.25) is 0 Å². The van der Waals surface area contributed by atoms with E-state index in [9.17, 15) is 9.90 Å². The summed E-state index contributed by atoms with van der Waals surface area (Å²) in [5.74, 6) is -0.209. The fourth-order valence-electron chi connectivity index (χ4n) is 5.43. The molecule has 160 valence electrons. The Morgan fingerprint density at radius 3 is 2.53 bits per heavy atom. The van der Waals surface area contributed by atoms with Crippen LogP contribution >= 0.6 is 0 Å². The second kappa shape index (κ2) is 7.75. The molecule has 1 aromatic carbocycles. The van der Waals surface area contributed by atoms with Crippen molar-refractivity contribution in [3.05, 3.63) is 47.6 Å². The lowest BCUT2D eigenvalue weighted by molar-refractivity contribution is -0.135. The van der Waals surface area contributed by atoms with Crippen LogP contribution < -0.4 is 0 Å². The summed E-state index contributed by atoms with van der Waals surface area (Å²) in [6.45, 7) is 7.26. The SMILES string of the molecule is Cc1c([C@H](O)CN2CCC3(CC2)CCN(C2=CC(=O)OC2)CC3)ccc2cocc12. The summed E-state index contributed by atoms with van der Waals surface area (Å²) in [5, 5.41) is 13.1. The third-order valence-electron chi connectivity index (χ3n) is 7.56. The molecule has 3 aliphatic heterocycles. The highest BCUT2D eigenvalue weighted by Crippen LogP contribution is 2.42. The minimum Gasteiger partial charge on any atom is -0.471 e. The van der Waals surface area contributed by atoms with E-state index in [0.29, 0.717) is 18.6 Å². The van der Waals surface area contributed by atoms with E-state index in [-0.39, 0.29) is 5.97 Å². The van der Waals surface area contributed by atoms with Gasteiger partial charge < -0.3 is 24.1 Å². The van der Waals surface area contributed by atoms with Crippen molar-refractivity contribution < 1.29 is 19.1 Å². The lowest BCUT2D eigenvalue weighted by Crippen LogP contribution is -2.47. The monoisotopic (exact) mass is 410 g/mol. The van der Waals surface area contributed by atoms with Crippen molar-refractivity contribution in [1.29, 1.82) is 0 Å². The third kappa shape index (κ3) is 3.63. The van der Waals surface area contributed by atoms with Crippen LogP contribution in [0.15, 0.2) is 40.8 Å². The number of carbonyl (C=O) groups excluding carboxylic acids is 1. The van der Waals surface area contributed by atoms with Gasteiger partial charge in [0.15, 0.2) is 0 Å². The summed E-state index contributed by atoms with van der Waals surface area (Å²) in [5.41, 5.74) is 3.56. The van der Waals surface area contributed by atoms with Gasteiger partial charge in [-0.25, -0.2) is 4.79 Å². The molecular formula is C24H30N2O4. The zero-order valence-electron chi connectivity index (χ0n) is 17.6. The standard InChI is InChI=1S/C24H30N2O4/c1-17-20(3-2-18-14-29-16-21(17)18)22(27)13-25-8-4-24(5-9-25)6-10-26(11-7-24)19-12-23(28)30-15-19/h2-3,12,14,16,22,27H,4-11,13,15H2,1H3/t22-/m1/s1. The highest BCUT2D eigenvalue weighted by Gasteiger charge is 2.38. The number of carbonyl (C=O) groups is 1. The van der Waals surface area contributed by atoms with E-state index < -0.39 is 6.10 Å². The van der Waals surface area contributed by atoms with Gasteiger partial charge in [0.1, 0.15) is 6.61 Å². The first kappa shape index (κ1) is 19.6. The first-order valence-corrected chi connectivity index (χ1v) is 11.0. The second-order valence-electron chi connectivity index (χ2n) is 9.20. The number of likely N-dealkylation sites (tertiary alicyclic amines) is 2. The van der Waals surface area contributed by atoms with E-state index >= 15 is 0 Å². The summed E-state index contributed by atoms with van der Waals surface area (Å²) in [6.07, 6.45) is 9.39. The maximum absolute atomic E-state index is 11.3. The minimum atomic E-state index is -0.480. The number of ether oxygens (including phenoxy) is 1. The van der Waals surface area contributed by atoms with Crippen LogP contribution in [0.4, 0.5) is 0 Å². The van der Waals surface area contributed by atoms with Crippen LogP contribution in [0.1, 0.15) is 42.9 Å². The van der Waals surface area contributed by atoms with E-state index in [2.05, 4.69) is 16.7 Å². The first-order chi connectivity index (χ1) is 14.5. The Morgan fingerprint density at radius 2 is 1.83 bits per heavy atom. The molecule has 0 bridgehead atoms. The van der Waals surface area contributed by atoms with Gasteiger partial charge in [-0.3, -0.25) is 0 Å². The largest absolute Gasteiger partial charge is 0.471 e. The molecule has 0 saturated carbocycles. The number of rotatable bonds is 4. The molecule has 2 fully saturated rings. The van der Waals surface area contributed by atoms with Gasteiger partial charge in [-0.15, -0.1) is 0 Å². The van der Waals surface area contributed by atoms with Crippen molar-refractivity contribution in [2.24, 2.45) is 5.41 Å². The van der Waals surface area contributed by atoms with E-state index in [1.165, 1.54) is 25.7 Å². The van der Waals surface area contributed by atoms with Gasteiger partial charge in [0.2, 0.25) is 0 Å². The zero-order chi connectivity index (χ0) is 20.7. The number of piperidine rings is 2. The van der Waals surface area contributed by atoms with Crippen molar-refractivity contribution in [3.8, 4) is 0 Å². The summed E-state index contributed by atoms with van der Waals surface area (Å²) in [4.78, 5) is 16.1. The molecule has 0 radical (unpaired) electrons. The highest BCUT2D eigenvalue weighted by atomic mass is 16.5. The fourth-order valence-corrected chi connectivity index (χ4v) is 5.43. The van der Waals surface area contributed by atoms with Gasteiger partial charge in [-0.2, -0.15) is 0 Å². The van der Waals surface area contributed by atoms with Crippen LogP contribution in [0.3, 0.4) is 0 Å². The van der Waals surface area contributed by atoms with Crippen molar-refractivity contribution >= 4 is 16.7 Å². The number of aliphatic hydroxyl groups is 1. The molecule has 2 saturated heterocycles. The van der Waals surface area contributed by atoms with Crippen LogP contribution in [0, 0.1) is 12.3 Å². The number of aliphatic hydroxyl groups excluding tert-OH is 1. The summed E-state index contributed by atoms with van der Waals surface area (Å²) in [6, 6.07) is 4.06. The summed E-state index contributed by atoms with van der Waals surface area (Å²) >= 11 is 0. The Kier molecular flexibility index (Phi) is 5.07. The summed E-state index contributed by atoms with van der Waals surface area (Å²) < 4.78 is 10.4. The van der Waals surface area contributed by atoms with Gasteiger partial charge in [-0.1, -0.05) is 12.1 Å². The minimum absolute atomic E-state index is 0.209. The Morgan fingerprint density at radius 1 is 1.10 bits per heavy atom. The van der Waals surface area contributed by atoms with Crippen LogP contribution in [0.25, 0.3) is 10.8 Å². The Balaban J connectivity index is 1.16. The number of cyclic esters (lactones) is 1. The van der Waals surface area contributed by atoms with E-state index in [4.69, 9.17) is 9.15 Å². The van der Waals surface area contributed by atoms with E-state index in [1.807, 2.05) is 12.1 Å². The van der Waals surface area contributed by atoms with Crippen LogP contribution in [0.5, 0.6) is 0 Å². The number of fused-ring (bicyclic) bond motifs is 1. The van der Waals surface area contributed by atoms with E-state index in [1.54, 1.807) is 18.6 Å². The molecule has 1 N–H and O–H groups in total. The Labute approximate surface area is 177 Å². The molecule has 6 nitrogen and oxygen atoms in total. The molecule has 0 aliphatic carbocycles. The topological polar surface area (TPSA) is 66.2 Å². The lowest BCUT2D eigenvalue weighted by Gasteiger charge is -2.47. The van der Waals surface area contributed by atoms with Gasteiger partial charge in [0.05, 0.1) is 24.3 Å². The first-order valence-electron chi connectivity index (χ1n) is 11.0. The average molecular weight is 411 g/mol. The van der Waals surface area contributed by atoms with E-state index in [0.717, 1.165) is 53.8 Å². The number of nitrogens with zero attached hydrogens (tertiary/aromatic N) is 2. The molecule has 30 heavy (non-hydrogen) atoms. The third-order valence-corrected chi connectivity index (χ3v) is 7.56. The molecule has 6 heteroatoms. The number of hydrogen-bond donors (Lipinski definition) is 1. The predicted octanol–water partition coefficient (Wildman–Crippen LogP) is 3.39. The quantitative estimate of drug-likeness (QED) is 0.780. The Hall–Kier alpha value is -2.31. The maximum Gasteiger partial charge on any atom is 0.333 e. The number of β-amino-alcohol motifs (C(OH)–C–C–N with tert-alkyl or cyclic N) is 1. The molecule has 3 aliphatic rings. The van der Waals surface area contributed by atoms with Crippen LogP contribution in [-0.2, 0) is 9.53 Å². The number of hydrogen-bond acceptors (Lipinski definition) is 6. The van der Waals surface area contributed by atoms with Crippen molar-refractivity contribution in [3.63, 3.8) is 0 Å². The molecule has 1 atom stereocenters. The molecule has 1 aromatic heterocycles. The molecule has 0 amide bonds. The smallest absolute Gasteiger partial charge is 0.333 e. The van der Waals surface area contributed by atoms with Crippen molar-refractivity contribution in [2.75, 3.05) is 39.3 Å². The van der Waals surface area contributed by atoms with Crippen molar-refractivity contribution in [1.82, 2.24) is 9.80 Å². The van der Waals surface area contributed by atoms with Gasteiger partial charge in [0.25, 0.3) is 0 Å². The Bertz CT molecular complexity index is 961. The average Bonchev–Trinajstić information content (AvgIpc) is 3.40. The fraction of sp³-hybridized carbons (Fsp3) is 0.542. The molecule has 0 unspecified atom stereocenters. The van der Waals surface area contributed by atoms with Crippen LogP contribution in [-0.4, -0.2) is 60.2 Å². The number of esters is 1. The van der Waals surface area contributed by atoms with Gasteiger partial charge in [-0.05, 0) is 62.2 Å². The number of furan rings is 1. The number of aryl methyl sites for hydroxylation is 1. The molecule has 2 aromatic rings. The number of benzene rings is 1. The van der Waals surface area contributed by atoms with Crippen molar-refractivity contribution in [2.45, 2.75) is 38.7 Å². The molecule has 5 rings (SSSR count). The molecule has 4 heterocycles. The maximum atomic E-state index is 11.3.